The second-order valence-electron chi connectivity index (χ2n) is 6.01. The predicted octanol–water partition coefficient (Wildman–Crippen LogP) is 2.20. The molecular weight excluding hydrogens is 264 g/mol. The molecule has 2 unspecified atom stereocenters. The normalized spacial score (nSPS) is 25.4. The molecule has 2 atom stereocenters. The Morgan fingerprint density at radius 3 is 2.71 bits per heavy atom. The minimum atomic E-state index is -0.0638. The number of benzene rings is 1. The SMILES string of the molecule is CCNC(=O)C1CC(c2ccc(OC3CC3)cc2)CCN1. The first-order valence-corrected chi connectivity index (χ1v) is 8.04. The van der Waals surface area contributed by atoms with Crippen molar-refractivity contribution in [3.05, 3.63) is 29.8 Å². The number of carbonyl (C=O) groups excluding carboxylic acids is 1. The summed E-state index contributed by atoms with van der Waals surface area (Å²) in [5.41, 5.74) is 1.31. The van der Waals surface area contributed by atoms with E-state index < -0.39 is 0 Å². The topological polar surface area (TPSA) is 50.4 Å². The lowest BCUT2D eigenvalue weighted by atomic mass is 9.86. The summed E-state index contributed by atoms with van der Waals surface area (Å²) in [6.07, 6.45) is 4.76. The minimum absolute atomic E-state index is 0.0638. The zero-order valence-corrected chi connectivity index (χ0v) is 12.6. The maximum atomic E-state index is 12.0. The smallest absolute Gasteiger partial charge is 0.237 e. The van der Waals surface area contributed by atoms with E-state index >= 15 is 0 Å². The second-order valence-corrected chi connectivity index (χ2v) is 6.01. The molecule has 114 valence electrons. The highest BCUT2D eigenvalue weighted by atomic mass is 16.5. The third kappa shape index (κ3) is 3.76. The molecule has 1 aromatic carbocycles. The third-order valence-electron chi connectivity index (χ3n) is 4.25. The summed E-state index contributed by atoms with van der Waals surface area (Å²) in [4.78, 5) is 12.0. The predicted molar refractivity (Wildman–Crippen MR) is 82.5 cm³/mol. The Hall–Kier alpha value is -1.55. The third-order valence-corrected chi connectivity index (χ3v) is 4.25. The van der Waals surface area contributed by atoms with Gasteiger partial charge in [0.1, 0.15) is 5.75 Å². The van der Waals surface area contributed by atoms with Crippen molar-refractivity contribution in [1.29, 1.82) is 0 Å². The van der Waals surface area contributed by atoms with Crippen molar-refractivity contribution in [2.24, 2.45) is 0 Å². The molecule has 2 aliphatic rings. The maximum absolute atomic E-state index is 12.0. The summed E-state index contributed by atoms with van der Waals surface area (Å²) in [5.74, 6) is 1.54. The van der Waals surface area contributed by atoms with Crippen LogP contribution in [0, 0.1) is 0 Å². The van der Waals surface area contributed by atoms with E-state index in [2.05, 4.69) is 34.9 Å². The van der Waals surface area contributed by atoms with Gasteiger partial charge < -0.3 is 15.4 Å². The maximum Gasteiger partial charge on any atom is 0.237 e. The minimum Gasteiger partial charge on any atom is -0.490 e. The van der Waals surface area contributed by atoms with Gasteiger partial charge in [0.2, 0.25) is 5.91 Å². The lowest BCUT2D eigenvalue weighted by Gasteiger charge is -2.29. The van der Waals surface area contributed by atoms with Crippen LogP contribution in [-0.4, -0.2) is 31.1 Å². The summed E-state index contributed by atoms with van der Waals surface area (Å²) in [7, 11) is 0. The largest absolute Gasteiger partial charge is 0.490 e. The summed E-state index contributed by atoms with van der Waals surface area (Å²) >= 11 is 0. The van der Waals surface area contributed by atoms with Crippen molar-refractivity contribution in [2.75, 3.05) is 13.1 Å². The molecule has 3 rings (SSSR count). The van der Waals surface area contributed by atoms with Crippen LogP contribution >= 0.6 is 0 Å². The molecule has 21 heavy (non-hydrogen) atoms. The summed E-state index contributed by atoms with van der Waals surface area (Å²) in [6, 6.07) is 8.38. The van der Waals surface area contributed by atoms with Gasteiger partial charge in [-0.2, -0.15) is 0 Å². The molecule has 1 aliphatic heterocycles. The Morgan fingerprint density at radius 2 is 2.05 bits per heavy atom. The molecule has 0 spiro atoms. The fraction of sp³-hybridized carbons (Fsp3) is 0.588. The van der Waals surface area contributed by atoms with Crippen LogP contribution in [0.3, 0.4) is 0 Å². The van der Waals surface area contributed by atoms with Crippen molar-refractivity contribution < 1.29 is 9.53 Å². The number of carbonyl (C=O) groups is 1. The average molecular weight is 288 g/mol. The standard InChI is InChI=1S/C17H24N2O2/c1-2-18-17(20)16-11-13(9-10-19-16)12-3-5-14(6-4-12)21-15-7-8-15/h3-6,13,15-16,19H,2,7-11H2,1H3,(H,18,20). The van der Waals surface area contributed by atoms with Gasteiger partial charge in [-0.1, -0.05) is 12.1 Å². The van der Waals surface area contributed by atoms with Crippen LogP contribution < -0.4 is 15.4 Å². The van der Waals surface area contributed by atoms with Crippen molar-refractivity contribution in [3.8, 4) is 5.75 Å². The first-order chi connectivity index (χ1) is 10.3. The van der Waals surface area contributed by atoms with E-state index in [-0.39, 0.29) is 11.9 Å². The highest BCUT2D eigenvalue weighted by Crippen LogP contribution is 2.31. The van der Waals surface area contributed by atoms with Gasteiger partial charge in [0.15, 0.2) is 0 Å². The van der Waals surface area contributed by atoms with Crippen LogP contribution in [0.4, 0.5) is 0 Å². The summed E-state index contributed by atoms with van der Waals surface area (Å²) in [6.45, 7) is 3.54. The van der Waals surface area contributed by atoms with Crippen molar-refractivity contribution in [3.63, 3.8) is 0 Å². The Balaban J connectivity index is 1.60. The van der Waals surface area contributed by atoms with Crippen LogP contribution in [0.25, 0.3) is 0 Å². The van der Waals surface area contributed by atoms with Gasteiger partial charge in [-0.3, -0.25) is 4.79 Å². The molecule has 2 N–H and O–H groups in total. The molecule has 1 aromatic rings. The summed E-state index contributed by atoms with van der Waals surface area (Å²) in [5, 5.41) is 6.22. The van der Waals surface area contributed by atoms with E-state index in [9.17, 15) is 4.79 Å². The second kappa shape index (κ2) is 6.48. The van der Waals surface area contributed by atoms with Gasteiger partial charge >= 0.3 is 0 Å². The number of piperidine rings is 1. The Morgan fingerprint density at radius 1 is 1.29 bits per heavy atom. The van der Waals surface area contributed by atoms with E-state index in [0.717, 1.165) is 25.1 Å². The van der Waals surface area contributed by atoms with Gasteiger partial charge in [0.05, 0.1) is 12.1 Å². The molecule has 1 saturated heterocycles. The molecule has 2 fully saturated rings. The zero-order chi connectivity index (χ0) is 14.7. The van der Waals surface area contributed by atoms with Crippen LogP contribution in [-0.2, 0) is 4.79 Å². The average Bonchev–Trinajstić information content (AvgIpc) is 3.32. The lowest BCUT2D eigenvalue weighted by molar-refractivity contribution is -0.123. The van der Waals surface area contributed by atoms with Gasteiger partial charge in [-0.15, -0.1) is 0 Å². The summed E-state index contributed by atoms with van der Waals surface area (Å²) < 4.78 is 5.78. The van der Waals surface area contributed by atoms with E-state index in [1.54, 1.807) is 0 Å². The number of amides is 1. The van der Waals surface area contributed by atoms with E-state index in [1.165, 1.54) is 18.4 Å². The van der Waals surface area contributed by atoms with Crippen molar-refractivity contribution in [1.82, 2.24) is 10.6 Å². The van der Waals surface area contributed by atoms with Gasteiger partial charge in [0, 0.05) is 6.54 Å². The molecule has 1 amide bonds. The first kappa shape index (κ1) is 14.4. The number of hydrogen-bond donors (Lipinski definition) is 2. The van der Waals surface area contributed by atoms with Gasteiger partial charge in [-0.25, -0.2) is 0 Å². The van der Waals surface area contributed by atoms with Crippen LogP contribution in [0.15, 0.2) is 24.3 Å². The first-order valence-electron chi connectivity index (χ1n) is 8.04. The van der Waals surface area contributed by atoms with Crippen molar-refractivity contribution >= 4 is 5.91 Å². The molecule has 0 radical (unpaired) electrons. The Labute approximate surface area is 126 Å². The van der Waals surface area contributed by atoms with E-state index in [1.807, 2.05) is 6.92 Å². The Kier molecular flexibility index (Phi) is 4.44. The molecule has 1 aliphatic carbocycles. The fourth-order valence-electron chi connectivity index (χ4n) is 2.91. The molecular formula is C17H24N2O2. The molecule has 0 aromatic heterocycles. The van der Waals surface area contributed by atoms with E-state index in [4.69, 9.17) is 4.74 Å². The number of rotatable bonds is 5. The molecule has 1 heterocycles. The van der Waals surface area contributed by atoms with Crippen molar-refractivity contribution in [2.45, 2.75) is 50.7 Å². The monoisotopic (exact) mass is 288 g/mol. The van der Waals surface area contributed by atoms with Crippen LogP contribution in [0.2, 0.25) is 0 Å². The lowest BCUT2D eigenvalue weighted by Crippen LogP contribution is -2.48. The number of nitrogens with one attached hydrogen (secondary N) is 2. The quantitative estimate of drug-likeness (QED) is 0.873. The van der Waals surface area contributed by atoms with Crippen LogP contribution in [0.1, 0.15) is 44.1 Å². The molecule has 0 bridgehead atoms. The Bertz CT molecular complexity index is 482. The molecule has 1 saturated carbocycles. The molecule has 4 nitrogen and oxygen atoms in total. The number of likely N-dealkylation sites (N-methyl/N-ethyl adjacent to an activating group) is 1. The number of ether oxygens (including phenoxy) is 1. The van der Waals surface area contributed by atoms with Crippen LogP contribution in [0.5, 0.6) is 5.75 Å². The van der Waals surface area contributed by atoms with Gasteiger partial charge in [-0.05, 0) is 62.8 Å². The highest BCUT2D eigenvalue weighted by Gasteiger charge is 2.27. The molecule has 4 heteroatoms. The fourth-order valence-corrected chi connectivity index (χ4v) is 2.91. The van der Waals surface area contributed by atoms with E-state index in [0.29, 0.717) is 18.6 Å². The zero-order valence-electron chi connectivity index (χ0n) is 12.6. The number of hydrogen-bond acceptors (Lipinski definition) is 3. The van der Waals surface area contributed by atoms with Gasteiger partial charge in [0.25, 0.3) is 0 Å². The highest BCUT2D eigenvalue weighted by molar-refractivity contribution is 5.81.